The lowest BCUT2D eigenvalue weighted by Crippen LogP contribution is -2.06. The zero-order valence-electron chi connectivity index (χ0n) is 18.6. The van der Waals surface area contributed by atoms with Gasteiger partial charge < -0.3 is 11.1 Å². The van der Waals surface area contributed by atoms with E-state index in [1.807, 2.05) is 60.7 Å². The molecule has 0 saturated carbocycles. The lowest BCUT2D eigenvalue weighted by atomic mass is 10.0. The van der Waals surface area contributed by atoms with Crippen molar-refractivity contribution in [2.24, 2.45) is 0 Å². The van der Waals surface area contributed by atoms with Gasteiger partial charge in [0.05, 0.1) is 29.0 Å². The van der Waals surface area contributed by atoms with Gasteiger partial charge in [-0.05, 0) is 35.7 Å². The van der Waals surface area contributed by atoms with E-state index in [9.17, 15) is 0 Å². The summed E-state index contributed by atoms with van der Waals surface area (Å²) in [5.41, 5.74) is 11.9. The van der Waals surface area contributed by atoms with Crippen LogP contribution < -0.4 is 11.1 Å². The second-order valence-electron chi connectivity index (χ2n) is 8.18. The molecular weight excluding hydrogens is 410 g/mol. The number of anilines is 2. The van der Waals surface area contributed by atoms with Gasteiger partial charge in [-0.2, -0.15) is 4.98 Å². The van der Waals surface area contributed by atoms with Crippen LogP contribution >= 0.6 is 0 Å². The average Bonchev–Trinajstić information content (AvgIpc) is 3.19. The minimum Gasteiger partial charge on any atom is -0.383 e. The number of nitrogens with two attached hydrogens (primary N) is 1. The van der Waals surface area contributed by atoms with Gasteiger partial charge in [0.2, 0.25) is 5.95 Å². The van der Waals surface area contributed by atoms with Crippen molar-refractivity contribution in [2.75, 3.05) is 11.1 Å². The molecule has 7 nitrogen and oxygen atoms in total. The number of nitrogens with zero attached hydrogens (tertiary/aromatic N) is 5. The van der Waals surface area contributed by atoms with Gasteiger partial charge in [-0.15, -0.1) is 5.10 Å². The van der Waals surface area contributed by atoms with Crippen molar-refractivity contribution in [3.8, 4) is 16.9 Å². The Morgan fingerprint density at radius 3 is 2.36 bits per heavy atom. The fourth-order valence-corrected chi connectivity index (χ4v) is 3.77. The van der Waals surface area contributed by atoms with Gasteiger partial charge in [0.25, 0.3) is 0 Å². The van der Waals surface area contributed by atoms with Gasteiger partial charge in [-0.3, -0.25) is 4.98 Å². The average molecular weight is 436 g/mol. The van der Waals surface area contributed by atoms with Crippen molar-refractivity contribution >= 4 is 22.8 Å². The van der Waals surface area contributed by atoms with E-state index in [-0.39, 0.29) is 0 Å². The summed E-state index contributed by atoms with van der Waals surface area (Å²) in [6.07, 6.45) is 1.77. The van der Waals surface area contributed by atoms with E-state index >= 15 is 0 Å². The standard InChI is InChI=1S/C26H25N7/c1-17(2)18-11-13-21(14-12-18)33-24(27)22-23(19-8-4-3-5-9-19)30-26(31-25(22)32-33)29-16-20-10-6-7-15-28-20/h3-15,17H,16,27H2,1-2H3,(H,29,31,32). The smallest absolute Gasteiger partial charge is 0.225 e. The van der Waals surface area contributed by atoms with Crippen LogP contribution in [0.4, 0.5) is 11.8 Å². The molecule has 33 heavy (non-hydrogen) atoms. The van der Waals surface area contributed by atoms with E-state index in [4.69, 9.17) is 15.8 Å². The van der Waals surface area contributed by atoms with Crippen LogP contribution in [0.2, 0.25) is 0 Å². The van der Waals surface area contributed by atoms with E-state index in [1.165, 1.54) is 5.56 Å². The number of aromatic nitrogens is 5. The quantitative estimate of drug-likeness (QED) is 0.381. The minimum absolute atomic E-state index is 0.455. The molecule has 5 rings (SSSR count). The van der Waals surface area contributed by atoms with E-state index in [0.29, 0.717) is 29.9 Å². The summed E-state index contributed by atoms with van der Waals surface area (Å²) in [6, 6.07) is 24.1. The van der Waals surface area contributed by atoms with E-state index in [0.717, 1.165) is 28.0 Å². The largest absolute Gasteiger partial charge is 0.383 e. The maximum Gasteiger partial charge on any atom is 0.225 e. The van der Waals surface area contributed by atoms with Crippen LogP contribution in [0, 0.1) is 0 Å². The molecule has 3 N–H and O–H groups in total. The molecule has 5 aromatic rings. The highest BCUT2D eigenvalue weighted by atomic mass is 15.3. The maximum atomic E-state index is 6.61. The zero-order chi connectivity index (χ0) is 22.8. The van der Waals surface area contributed by atoms with Gasteiger partial charge in [0.15, 0.2) is 5.65 Å². The molecule has 3 heterocycles. The second kappa shape index (κ2) is 8.70. The summed E-state index contributed by atoms with van der Waals surface area (Å²) >= 11 is 0. The fourth-order valence-electron chi connectivity index (χ4n) is 3.77. The van der Waals surface area contributed by atoms with E-state index in [1.54, 1.807) is 10.9 Å². The molecule has 3 aromatic heterocycles. The highest BCUT2D eigenvalue weighted by molar-refractivity contribution is 5.99. The van der Waals surface area contributed by atoms with Crippen molar-refractivity contribution in [1.29, 1.82) is 0 Å². The number of benzene rings is 2. The number of hydrogen-bond acceptors (Lipinski definition) is 6. The molecule has 0 saturated heterocycles. The predicted molar refractivity (Wildman–Crippen MR) is 132 cm³/mol. The van der Waals surface area contributed by atoms with Crippen LogP contribution in [-0.2, 0) is 6.54 Å². The molecule has 2 aromatic carbocycles. The van der Waals surface area contributed by atoms with Crippen LogP contribution in [0.3, 0.4) is 0 Å². The molecule has 164 valence electrons. The minimum atomic E-state index is 0.455. The number of nitrogen functional groups attached to an aromatic ring is 1. The third kappa shape index (κ3) is 4.13. The normalized spacial score (nSPS) is 11.2. The molecule has 0 atom stereocenters. The van der Waals surface area contributed by atoms with Crippen molar-refractivity contribution in [3.63, 3.8) is 0 Å². The van der Waals surface area contributed by atoms with E-state index < -0.39 is 0 Å². The third-order valence-corrected chi connectivity index (χ3v) is 5.57. The summed E-state index contributed by atoms with van der Waals surface area (Å²) in [4.78, 5) is 13.8. The summed E-state index contributed by atoms with van der Waals surface area (Å²) in [5, 5.41) is 8.75. The van der Waals surface area contributed by atoms with Gasteiger partial charge in [-0.1, -0.05) is 62.4 Å². The van der Waals surface area contributed by atoms with Crippen LogP contribution in [-0.4, -0.2) is 24.7 Å². The van der Waals surface area contributed by atoms with Crippen LogP contribution in [0.5, 0.6) is 0 Å². The van der Waals surface area contributed by atoms with Gasteiger partial charge in [-0.25, -0.2) is 9.67 Å². The molecule has 0 unspecified atom stereocenters. The second-order valence-corrected chi connectivity index (χ2v) is 8.18. The molecule has 0 bridgehead atoms. The number of hydrogen-bond donors (Lipinski definition) is 2. The lowest BCUT2D eigenvalue weighted by molar-refractivity contribution is 0.858. The zero-order valence-corrected chi connectivity index (χ0v) is 18.6. The SMILES string of the molecule is CC(C)c1ccc(-n2nc3nc(NCc4ccccn4)nc(-c4ccccc4)c3c2N)cc1. The number of pyridine rings is 1. The Kier molecular flexibility index (Phi) is 5.44. The Bertz CT molecular complexity index is 1380. The molecule has 0 radical (unpaired) electrons. The Morgan fingerprint density at radius 1 is 0.909 bits per heavy atom. The number of nitrogens with one attached hydrogen (secondary N) is 1. The lowest BCUT2D eigenvalue weighted by Gasteiger charge is -2.09. The Morgan fingerprint density at radius 2 is 1.67 bits per heavy atom. The van der Waals surface area contributed by atoms with Gasteiger partial charge >= 0.3 is 0 Å². The molecule has 0 spiro atoms. The third-order valence-electron chi connectivity index (χ3n) is 5.57. The topological polar surface area (TPSA) is 94.5 Å². The summed E-state index contributed by atoms with van der Waals surface area (Å²) in [6.45, 7) is 4.85. The molecule has 0 amide bonds. The molecule has 0 aliphatic heterocycles. The van der Waals surface area contributed by atoms with Crippen molar-refractivity contribution < 1.29 is 0 Å². The molecule has 0 aliphatic carbocycles. The monoisotopic (exact) mass is 435 g/mol. The van der Waals surface area contributed by atoms with Crippen LogP contribution in [0.15, 0.2) is 79.0 Å². The number of fused-ring (bicyclic) bond motifs is 1. The fraction of sp³-hybridized carbons (Fsp3) is 0.154. The first-order valence-corrected chi connectivity index (χ1v) is 11.0. The molecule has 0 aliphatic rings. The highest BCUT2D eigenvalue weighted by Crippen LogP contribution is 2.33. The predicted octanol–water partition coefficient (Wildman–Crippen LogP) is 5.20. The molecule has 0 fully saturated rings. The summed E-state index contributed by atoms with van der Waals surface area (Å²) in [7, 11) is 0. The van der Waals surface area contributed by atoms with Crippen LogP contribution in [0.25, 0.3) is 28.0 Å². The maximum absolute atomic E-state index is 6.61. The van der Waals surface area contributed by atoms with Crippen molar-refractivity contribution in [1.82, 2.24) is 24.7 Å². The first-order chi connectivity index (χ1) is 16.1. The number of rotatable bonds is 6. The van der Waals surface area contributed by atoms with Crippen molar-refractivity contribution in [3.05, 3.63) is 90.3 Å². The molecule has 7 heteroatoms. The van der Waals surface area contributed by atoms with Gasteiger partial charge in [0.1, 0.15) is 5.82 Å². The Balaban J connectivity index is 1.61. The first kappa shape index (κ1) is 20.6. The Hall–Kier alpha value is -4.26. The summed E-state index contributed by atoms with van der Waals surface area (Å²) in [5.74, 6) is 1.45. The van der Waals surface area contributed by atoms with E-state index in [2.05, 4.69) is 41.3 Å². The summed E-state index contributed by atoms with van der Waals surface area (Å²) < 4.78 is 1.73. The highest BCUT2D eigenvalue weighted by Gasteiger charge is 2.19. The Labute approximate surface area is 192 Å². The van der Waals surface area contributed by atoms with Gasteiger partial charge in [0, 0.05) is 11.8 Å². The van der Waals surface area contributed by atoms with Crippen LogP contribution in [0.1, 0.15) is 31.0 Å². The van der Waals surface area contributed by atoms with Crippen molar-refractivity contribution in [2.45, 2.75) is 26.3 Å². The molecular formula is C26H25N7. The first-order valence-electron chi connectivity index (χ1n) is 11.0.